The van der Waals surface area contributed by atoms with E-state index in [4.69, 9.17) is 4.52 Å². The fraction of sp³-hybridized carbons (Fsp3) is 0.667. The van der Waals surface area contributed by atoms with Crippen molar-refractivity contribution in [3.63, 3.8) is 0 Å². The fourth-order valence-corrected chi connectivity index (χ4v) is 2.49. The first-order chi connectivity index (χ1) is 10.7. The number of likely N-dealkylation sites (tertiary alicyclic amines) is 1. The van der Waals surface area contributed by atoms with Crippen LogP contribution in [-0.2, 0) is 17.8 Å². The number of hydrogen-bond donors (Lipinski definition) is 2. The van der Waals surface area contributed by atoms with Crippen LogP contribution in [0.2, 0.25) is 0 Å². The number of amides is 1. The Bertz CT molecular complexity index is 532. The first-order valence-electron chi connectivity index (χ1n) is 7.85. The van der Waals surface area contributed by atoms with E-state index >= 15 is 0 Å². The Morgan fingerprint density at radius 1 is 1.52 bits per heavy atom. The Labute approximate surface area is 154 Å². The maximum atomic E-state index is 11.7. The lowest BCUT2D eigenvalue weighted by Crippen LogP contribution is -2.44. The molecule has 2 N–H and O–H groups in total. The van der Waals surface area contributed by atoms with E-state index in [1.54, 1.807) is 7.05 Å². The van der Waals surface area contributed by atoms with Gasteiger partial charge in [-0.3, -0.25) is 9.79 Å². The lowest BCUT2D eigenvalue weighted by Gasteiger charge is -2.18. The van der Waals surface area contributed by atoms with E-state index in [0.29, 0.717) is 18.9 Å². The van der Waals surface area contributed by atoms with E-state index in [1.165, 1.54) is 0 Å². The second kappa shape index (κ2) is 9.74. The number of carbonyl (C=O) groups excluding carboxylic acids is 1. The first kappa shape index (κ1) is 19.7. The molecule has 130 valence electrons. The normalized spacial score (nSPS) is 17.8. The van der Waals surface area contributed by atoms with Crippen LogP contribution in [0.15, 0.2) is 15.6 Å². The van der Waals surface area contributed by atoms with E-state index in [-0.39, 0.29) is 35.9 Å². The van der Waals surface area contributed by atoms with Gasteiger partial charge in [0, 0.05) is 38.7 Å². The molecular weight excluding hydrogens is 409 g/mol. The first-order valence-corrected chi connectivity index (χ1v) is 7.85. The van der Waals surface area contributed by atoms with Gasteiger partial charge in [0.25, 0.3) is 0 Å². The number of carbonyl (C=O) groups is 1. The zero-order valence-electron chi connectivity index (χ0n) is 14.0. The van der Waals surface area contributed by atoms with Crippen molar-refractivity contribution in [2.45, 2.75) is 45.7 Å². The van der Waals surface area contributed by atoms with Gasteiger partial charge in [0.2, 0.25) is 5.91 Å². The summed E-state index contributed by atoms with van der Waals surface area (Å²) >= 11 is 0. The molecule has 0 spiro atoms. The predicted octanol–water partition coefficient (Wildman–Crippen LogP) is 1.53. The molecule has 0 aromatic carbocycles. The number of halogens is 1. The molecule has 2 rings (SSSR count). The van der Waals surface area contributed by atoms with Crippen LogP contribution >= 0.6 is 24.0 Å². The highest BCUT2D eigenvalue weighted by atomic mass is 127. The Morgan fingerprint density at radius 3 is 2.91 bits per heavy atom. The number of guanidine groups is 1. The Kier molecular flexibility index (Phi) is 8.35. The van der Waals surface area contributed by atoms with Crippen molar-refractivity contribution in [1.29, 1.82) is 0 Å². The van der Waals surface area contributed by atoms with Gasteiger partial charge in [-0.25, -0.2) is 0 Å². The Morgan fingerprint density at radius 2 is 2.30 bits per heavy atom. The molecule has 1 atom stereocenters. The summed E-state index contributed by atoms with van der Waals surface area (Å²) in [6.45, 7) is 6.01. The van der Waals surface area contributed by atoms with Crippen LogP contribution in [0.3, 0.4) is 0 Å². The molecule has 1 unspecified atom stereocenters. The molecule has 7 nitrogen and oxygen atoms in total. The minimum absolute atomic E-state index is 0. The summed E-state index contributed by atoms with van der Waals surface area (Å²) in [5, 5.41) is 10.5. The molecule has 23 heavy (non-hydrogen) atoms. The molecule has 0 saturated carbocycles. The average Bonchev–Trinajstić information content (AvgIpc) is 3.19. The number of nitrogens with zero attached hydrogens (tertiary/aromatic N) is 3. The topological polar surface area (TPSA) is 82.8 Å². The van der Waals surface area contributed by atoms with Gasteiger partial charge in [-0.1, -0.05) is 19.0 Å². The molecule has 1 saturated heterocycles. The molecule has 0 aliphatic carbocycles. The molecule has 1 aliphatic heterocycles. The third-order valence-electron chi connectivity index (χ3n) is 3.81. The van der Waals surface area contributed by atoms with Crippen molar-refractivity contribution in [2.24, 2.45) is 4.99 Å². The Hall–Kier alpha value is -1.32. The van der Waals surface area contributed by atoms with Gasteiger partial charge in [-0.05, 0) is 12.8 Å². The minimum Gasteiger partial charge on any atom is -0.359 e. The zero-order valence-corrected chi connectivity index (χ0v) is 16.3. The van der Waals surface area contributed by atoms with Crippen molar-refractivity contribution in [3.8, 4) is 0 Å². The molecule has 1 aromatic heterocycles. The quantitative estimate of drug-likeness (QED) is 0.417. The van der Waals surface area contributed by atoms with Gasteiger partial charge in [0.05, 0.1) is 12.2 Å². The van der Waals surface area contributed by atoms with Crippen molar-refractivity contribution in [3.05, 3.63) is 17.5 Å². The molecule has 0 radical (unpaired) electrons. The molecular formula is C15H26IN5O2. The molecule has 1 amide bonds. The number of hydrogen-bond acceptors (Lipinski definition) is 4. The largest absolute Gasteiger partial charge is 0.359 e. The average molecular weight is 435 g/mol. The monoisotopic (exact) mass is 435 g/mol. The van der Waals surface area contributed by atoms with Gasteiger partial charge in [-0.15, -0.1) is 24.0 Å². The van der Waals surface area contributed by atoms with Gasteiger partial charge in [0.15, 0.2) is 11.7 Å². The summed E-state index contributed by atoms with van der Waals surface area (Å²) in [5.41, 5.74) is 0.948. The number of nitrogens with one attached hydrogen (secondary N) is 2. The molecule has 1 fully saturated rings. The van der Waals surface area contributed by atoms with E-state index in [1.807, 2.05) is 24.8 Å². The summed E-state index contributed by atoms with van der Waals surface area (Å²) < 4.78 is 5.24. The summed E-state index contributed by atoms with van der Waals surface area (Å²) in [6, 6.07) is 2.18. The molecule has 2 heterocycles. The highest BCUT2D eigenvalue weighted by Crippen LogP contribution is 2.10. The second-order valence-corrected chi connectivity index (χ2v) is 5.39. The molecule has 8 heteroatoms. The number of aliphatic imine (C=N–C) groups is 1. The summed E-state index contributed by atoms with van der Waals surface area (Å²) in [4.78, 5) is 17.8. The highest BCUT2D eigenvalue weighted by Gasteiger charge is 2.25. The maximum Gasteiger partial charge on any atom is 0.222 e. The van der Waals surface area contributed by atoms with Gasteiger partial charge in [-0.2, -0.15) is 0 Å². The van der Waals surface area contributed by atoms with Crippen LogP contribution in [-0.4, -0.2) is 48.1 Å². The smallest absolute Gasteiger partial charge is 0.222 e. The summed E-state index contributed by atoms with van der Waals surface area (Å²) in [7, 11) is 1.73. The fourth-order valence-electron chi connectivity index (χ4n) is 2.49. The zero-order chi connectivity index (χ0) is 15.9. The lowest BCUT2D eigenvalue weighted by atomic mass is 10.3. The highest BCUT2D eigenvalue weighted by molar-refractivity contribution is 14.0. The van der Waals surface area contributed by atoms with E-state index < -0.39 is 0 Å². The van der Waals surface area contributed by atoms with Crippen LogP contribution < -0.4 is 10.6 Å². The predicted molar refractivity (Wildman–Crippen MR) is 99.9 cm³/mol. The van der Waals surface area contributed by atoms with Crippen LogP contribution in [0.5, 0.6) is 0 Å². The van der Waals surface area contributed by atoms with Crippen molar-refractivity contribution >= 4 is 35.8 Å². The van der Waals surface area contributed by atoms with E-state index in [0.717, 1.165) is 37.4 Å². The van der Waals surface area contributed by atoms with E-state index in [2.05, 4.69) is 20.8 Å². The molecule has 1 aromatic rings. The summed E-state index contributed by atoms with van der Waals surface area (Å²) in [6.07, 6.45) is 2.36. The van der Waals surface area contributed by atoms with Gasteiger partial charge in [0.1, 0.15) is 0 Å². The van der Waals surface area contributed by atoms with Gasteiger partial charge >= 0.3 is 0 Å². The molecule has 0 bridgehead atoms. The van der Waals surface area contributed by atoms with E-state index in [9.17, 15) is 4.79 Å². The SMILES string of the molecule is CCC(=O)N1CCC(NC(=NC)NCc2cc(CC)no2)C1.I. The van der Waals surface area contributed by atoms with Crippen molar-refractivity contribution in [2.75, 3.05) is 20.1 Å². The van der Waals surface area contributed by atoms with Crippen LogP contribution in [0, 0.1) is 0 Å². The maximum absolute atomic E-state index is 11.7. The third-order valence-corrected chi connectivity index (χ3v) is 3.81. The third kappa shape index (κ3) is 5.67. The number of aryl methyl sites for hydroxylation is 1. The van der Waals surface area contributed by atoms with Gasteiger partial charge < -0.3 is 20.1 Å². The second-order valence-electron chi connectivity index (χ2n) is 5.39. The van der Waals surface area contributed by atoms with Crippen molar-refractivity contribution < 1.29 is 9.32 Å². The van der Waals surface area contributed by atoms with Crippen molar-refractivity contribution in [1.82, 2.24) is 20.7 Å². The minimum atomic E-state index is 0. The summed E-state index contributed by atoms with van der Waals surface area (Å²) in [5.74, 6) is 1.71. The van der Waals surface area contributed by atoms with Crippen LogP contribution in [0.25, 0.3) is 0 Å². The molecule has 1 aliphatic rings. The number of rotatable bonds is 5. The lowest BCUT2D eigenvalue weighted by molar-refractivity contribution is -0.129. The standard InChI is InChI=1S/C15H25N5O2.HI/c1-4-11-8-13(22-19-11)9-17-15(16-3)18-12-6-7-20(10-12)14(21)5-2;/h8,12H,4-7,9-10H2,1-3H3,(H2,16,17,18);1H. The van der Waals surface area contributed by atoms with Crippen LogP contribution in [0.4, 0.5) is 0 Å². The van der Waals surface area contributed by atoms with Crippen LogP contribution in [0.1, 0.15) is 38.1 Å². The number of aromatic nitrogens is 1. The Balaban J connectivity index is 0.00000264.